The number of rotatable bonds is 4. The first-order valence-corrected chi connectivity index (χ1v) is 5.37. The van der Waals surface area contributed by atoms with Crippen molar-refractivity contribution in [3.63, 3.8) is 0 Å². The summed E-state index contributed by atoms with van der Waals surface area (Å²) in [7, 11) is 1.85. The van der Waals surface area contributed by atoms with E-state index in [9.17, 15) is 0 Å². The van der Waals surface area contributed by atoms with E-state index in [-0.39, 0.29) is 5.84 Å². The number of oxime groups is 1. The zero-order valence-corrected chi connectivity index (χ0v) is 10.3. The highest BCUT2D eigenvalue weighted by Gasteiger charge is 2.06. The summed E-state index contributed by atoms with van der Waals surface area (Å²) in [6, 6.07) is 5.32. The normalized spacial score (nSPS) is 12.1. The molecule has 0 saturated heterocycles. The lowest BCUT2D eigenvalue weighted by atomic mass is 10.2. The number of hydrogen-bond acceptors (Lipinski definition) is 3. The Kier molecular flexibility index (Phi) is 4.86. The lowest BCUT2D eigenvalue weighted by Gasteiger charge is -2.16. The molecule has 0 atom stereocenters. The number of likely N-dealkylation sites (N-methyl/N-ethyl adjacent to an activating group) is 1. The average Bonchev–Trinajstić information content (AvgIpc) is 2.22. The van der Waals surface area contributed by atoms with Crippen LogP contribution >= 0.6 is 23.2 Å². The highest BCUT2D eigenvalue weighted by molar-refractivity contribution is 6.35. The second-order valence-electron chi connectivity index (χ2n) is 3.50. The quantitative estimate of drug-likeness (QED) is 0.378. The summed E-state index contributed by atoms with van der Waals surface area (Å²) < 4.78 is 0. The van der Waals surface area contributed by atoms with Crippen LogP contribution in [0.2, 0.25) is 10.0 Å². The molecule has 1 aromatic rings. The maximum absolute atomic E-state index is 8.43. The summed E-state index contributed by atoms with van der Waals surface area (Å²) in [5.74, 6) is 0.160. The number of amidine groups is 1. The Hall–Kier alpha value is -0.970. The van der Waals surface area contributed by atoms with Gasteiger partial charge in [0, 0.05) is 16.6 Å². The van der Waals surface area contributed by atoms with Crippen molar-refractivity contribution in [1.29, 1.82) is 0 Å². The molecule has 0 radical (unpaired) electrons. The Labute approximate surface area is 104 Å². The van der Waals surface area contributed by atoms with E-state index in [4.69, 9.17) is 34.1 Å². The summed E-state index contributed by atoms with van der Waals surface area (Å²) in [6.07, 6.45) is 0. The van der Waals surface area contributed by atoms with Gasteiger partial charge in [-0.3, -0.25) is 4.90 Å². The molecule has 0 aromatic heterocycles. The van der Waals surface area contributed by atoms with E-state index in [1.807, 2.05) is 18.0 Å². The van der Waals surface area contributed by atoms with E-state index < -0.39 is 0 Å². The zero-order chi connectivity index (χ0) is 12.1. The van der Waals surface area contributed by atoms with E-state index in [0.717, 1.165) is 5.56 Å². The highest BCUT2D eigenvalue weighted by Crippen LogP contribution is 2.21. The van der Waals surface area contributed by atoms with E-state index in [2.05, 4.69) is 5.16 Å². The third kappa shape index (κ3) is 3.89. The van der Waals surface area contributed by atoms with Crippen molar-refractivity contribution in [2.24, 2.45) is 10.9 Å². The van der Waals surface area contributed by atoms with Gasteiger partial charge in [-0.15, -0.1) is 0 Å². The molecule has 0 fully saturated rings. The third-order valence-electron chi connectivity index (χ3n) is 2.02. The fraction of sp³-hybridized carbons (Fsp3) is 0.300. The summed E-state index contributed by atoms with van der Waals surface area (Å²) in [5.41, 5.74) is 6.34. The Balaban J connectivity index is 2.66. The van der Waals surface area contributed by atoms with Gasteiger partial charge in [-0.2, -0.15) is 0 Å². The predicted molar refractivity (Wildman–Crippen MR) is 66.2 cm³/mol. The van der Waals surface area contributed by atoms with Gasteiger partial charge < -0.3 is 10.9 Å². The molecule has 0 aliphatic carbocycles. The average molecular weight is 262 g/mol. The van der Waals surface area contributed by atoms with Crippen LogP contribution in [0, 0.1) is 0 Å². The number of nitrogens with zero attached hydrogens (tertiary/aromatic N) is 2. The molecule has 0 aliphatic heterocycles. The minimum atomic E-state index is 0.160. The molecule has 88 valence electrons. The summed E-state index contributed by atoms with van der Waals surface area (Å²) in [5, 5.41) is 12.6. The Morgan fingerprint density at radius 3 is 2.75 bits per heavy atom. The summed E-state index contributed by atoms with van der Waals surface area (Å²) in [4.78, 5) is 1.88. The van der Waals surface area contributed by atoms with Gasteiger partial charge in [0.15, 0.2) is 5.84 Å². The predicted octanol–water partition coefficient (Wildman–Crippen LogP) is 2.17. The van der Waals surface area contributed by atoms with Crippen molar-refractivity contribution in [2.75, 3.05) is 13.6 Å². The van der Waals surface area contributed by atoms with Crippen LogP contribution in [0.15, 0.2) is 23.4 Å². The lowest BCUT2D eigenvalue weighted by molar-refractivity contribution is 0.308. The van der Waals surface area contributed by atoms with Crippen molar-refractivity contribution in [3.8, 4) is 0 Å². The zero-order valence-electron chi connectivity index (χ0n) is 8.82. The van der Waals surface area contributed by atoms with E-state index in [1.54, 1.807) is 12.1 Å². The Morgan fingerprint density at radius 1 is 1.50 bits per heavy atom. The van der Waals surface area contributed by atoms with Gasteiger partial charge in [0.1, 0.15) is 0 Å². The molecule has 0 unspecified atom stereocenters. The molecule has 0 aliphatic rings. The van der Waals surface area contributed by atoms with Gasteiger partial charge in [-0.1, -0.05) is 34.4 Å². The van der Waals surface area contributed by atoms with Crippen molar-refractivity contribution in [1.82, 2.24) is 4.90 Å². The Morgan fingerprint density at radius 2 is 2.19 bits per heavy atom. The van der Waals surface area contributed by atoms with Crippen LogP contribution < -0.4 is 5.73 Å². The molecule has 3 N–H and O–H groups in total. The molecule has 1 rings (SSSR count). The van der Waals surface area contributed by atoms with Gasteiger partial charge in [0.25, 0.3) is 0 Å². The smallest absolute Gasteiger partial charge is 0.153 e. The topological polar surface area (TPSA) is 61.8 Å². The van der Waals surface area contributed by atoms with Crippen molar-refractivity contribution in [2.45, 2.75) is 6.54 Å². The van der Waals surface area contributed by atoms with Crippen LogP contribution in [0.1, 0.15) is 5.56 Å². The van der Waals surface area contributed by atoms with Crippen LogP contribution in [-0.2, 0) is 6.54 Å². The van der Waals surface area contributed by atoms with Crippen molar-refractivity contribution < 1.29 is 5.21 Å². The molecule has 0 amide bonds. The van der Waals surface area contributed by atoms with E-state index in [0.29, 0.717) is 23.1 Å². The van der Waals surface area contributed by atoms with Crippen LogP contribution in [0.5, 0.6) is 0 Å². The largest absolute Gasteiger partial charge is 0.409 e. The molecule has 1 aromatic carbocycles. The van der Waals surface area contributed by atoms with E-state index in [1.165, 1.54) is 0 Å². The third-order valence-corrected chi connectivity index (χ3v) is 2.60. The minimum Gasteiger partial charge on any atom is -0.409 e. The molecule has 16 heavy (non-hydrogen) atoms. The molecule has 0 saturated carbocycles. The summed E-state index contributed by atoms with van der Waals surface area (Å²) in [6.45, 7) is 0.974. The van der Waals surface area contributed by atoms with Gasteiger partial charge in [-0.05, 0) is 24.7 Å². The first kappa shape index (κ1) is 13.1. The fourth-order valence-electron chi connectivity index (χ4n) is 1.30. The number of hydrogen-bond donors (Lipinski definition) is 2. The molecule has 0 spiro atoms. The van der Waals surface area contributed by atoms with Crippen LogP contribution in [0.3, 0.4) is 0 Å². The standard InChI is InChI=1S/C10H13Cl2N3O/c1-15(6-10(13)14-16)5-7-2-3-8(11)4-9(7)12/h2-4,16H,5-6H2,1H3,(H2,13,14). The minimum absolute atomic E-state index is 0.160. The first-order chi connectivity index (χ1) is 7.52. The molecular weight excluding hydrogens is 249 g/mol. The fourth-order valence-corrected chi connectivity index (χ4v) is 1.77. The van der Waals surface area contributed by atoms with Gasteiger partial charge in [0.05, 0.1) is 6.54 Å². The maximum Gasteiger partial charge on any atom is 0.153 e. The molecule has 0 heterocycles. The van der Waals surface area contributed by atoms with Crippen LogP contribution in [0.4, 0.5) is 0 Å². The molecule has 4 nitrogen and oxygen atoms in total. The second-order valence-corrected chi connectivity index (χ2v) is 4.34. The van der Waals surface area contributed by atoms with Gasteiger partial charge in [-0.25, -0.2) is 0 Å². The SMILES string of the molecule is CN(CC(N)=NO)Cc1ccc(Cl)cc1Cl. The number of halogens is 2. The van der Waals surface area contributed by atoms with Crippen molar-refractivity contribution in [3.05, 3.63) is 33.8 Å². The van der Waals surface area contributed by atoms with E-state index >= 15 is 0 Å². The van der Waals surface area contributed by atoms with Gasteiger partial charge in [0.2, 0.25) is 0 Å². The van der Waals surface area contributed by atoms with Crippen LogP contribution in [0.25, 0.3) is 0 Å². The molecule has 6 heteroatoms. The number of nitrogens with two attached hydrogens (primary N) is 1. The number of benzene rings is 1. The first-order valence-electron chi connectivity index (χ1n) is 4.62. The monoisotopic (exact) mass is 261 g/mol. The lowest BCUT2D eigenvalue weighted by Crippen LogP contribution is -2.30. The van der Waals surface area contributed by atoms with Gasteiger partial charge >= 0.3 is 0 Å². The highest BCUT2D eigenvalue weighted by atomic mass is 35.5. The van der Waals surface area contributed by atoms with Crippen molar-refractivity contribution >= 4 is 29.0 Å². The Bertz CT molecular complexity index is 396. The van der Waals surface area contributed by atoms with Crippen LogP contribution in [-0.4, -0.2) is 29.5 Å². The molecular formula is C10H13Cl2N3O. The second kappa shape index (κ2) is 5.94. The summed E-state index contributed by atoms with van der Waals surface area (Å²) >= 11 is 11.8. The maximum atomic E-state index is 8.43. The molecule has 0 bridgehead atoms.